The molecule has 0 saturated heterocycles. The Kier molecular flexibility index (Phi) is 6.80. The number of nitrogens with zero attached hydrogens (tertiary/aromatic N) is 2. The fourth-order valence-electron chi connectivity index (χ4n) is 1.94. The molecule has 0 aliphatic rings. The normalized spacial score (nSPS) is 13.3. The number of aromatic nitrogens is 2. The first-order valence-electron chi connectivity index (χ1n) is 7.19. The maximum atomic E-state index is 12.4. The minimum Gasteiger partial charge on any atom is -0.345 e. The molecule has 2 rings (SSSR count). The zero-order valence-corrected chi connectivity index (χ0v) is 15.8. The highest BCUT2D eigenvalue weighted by molar-refractivity contribution is 9.10. The highest BCUT2D eigenvalue weighted by Gasteiger charge is 2.29. The summed E-state index contributed by atoms with van der Waals surface area (Å²) in [7, 11) is 0. The molecule has 0 radical (unpaired) electrons. The van der Waals surface area contributed by atoms with Crippen LogP contribution in [0.25, 0.3) is 5.69 Å². The number of nitrogens with two attached hydrogens (primary N) is 1. The van der Waals surface area contributed by atoms with Gasteiger partial charge in [0.2, 0.25) is 0 Å². The lowest BCUT2D eigenvalue weighted by molar-refractivity contribution is 0.0883. The maximum Gasteiger partial charge on any atom is 0.254 e. The van der Waals surface area contributed by atoms with E-state index < -0.39 is 5.54 Å². The van der Waals surface area contributed by atoms with Crippen molar-refractivity contribution in [2.24, 2.45) is 11.7 Å². The van der Waals surface area contributed by atoms with Crippen molar-refractivity contribution in [3.63, 3.8) is 0 Å². The van der Waals surface area contributed by atoms with Gasteiger partial charge in [-0.1, -0.05) is 29.8 Å². The highest BCUT2D eigenvalue weighted by atomic mass is 79.9. The zero-order chi connectivity index (χ0) is 16.3. The van der Waals surface area contributed by atoms with Crippen molar-refractivity contribution < 1.29 is 4.79 Å². The molecule has 0 aliphatic carbocycles. The van der Waals surface area contributed by atoms with Crippen LogP contribution in [0.1, 0.15) is 31.1 Å². The van der Waals surface area contributed by atoms with Crippen LogP contribution < -0.4 is 11.1 Å². The third-order valence-electron chi connectivity index (χ3n) is 4.03. The van der Waals surface area contributed by atoms with Gasteiger partial charge in [-0.25, -0.2) is 4.68 Å². The topological polar surface area (TPSA) is 72.9 Å². The van der Waals surface area contributed by atoms with Gasteiger partial charge in [-0.05, 0) is 37.1 Å². The molecule has 126 valence electrons. The van der Waals surface area contributed by atoms with Crippen LogP contribution in [0.15, 0.2) is 41.1 Å². The number of halogens is 2. The molecular weight excluding hydrogens is 380 g/mol. The van der Waals surface area contributed by atoms with Gasteiger partial charge in [0, 0.05) is 17.2 Å². The lowest BCUT2D eigenvalue weighted by Gasteiger charge is -2.33. The first-order valence-corrected chi connectivity index (χ1v) is 7.98. The minimum absolute atomic E-state index is 0. The smallest absolute Gasteiger partial charge is 0.254 e. The van der Waals surface area contributed by atoms with Crippen molar-refractivity contribution in [1.82, 2.24) is 15.1 Å². The molecule has 7 heteroatoms. The van der Waals surface area contributed by atoms with E-state index in [0.717, 1.165) is 10.2 Å². The van der Waals surface area contributed by atoms with Gasteiger partial charge in [-0.2, -0.15) is 5.10 Å². The number of hydrogen-bond acceptors (Lipinski definition) is 3. The molecule has 0 bridgehead atoms. The zero-order valence-electron chi connectivity index (χ0n) is 13.4. The Morgan fingerprint density at radius 2 is 2.00 bits per heavy atom. The van der Waals surface area contributed by atoms with E-state index in [1.807, 2.05) is 45.0 Å². The van der Waals surface area contributed by atoms with E-state index in [1.165, 1.54) is 0 Å². The number of amides is 1. The standard InChI is InChI=1S/C16H21BrN4O.ClH/c1-11(2)16(3,10-18)20-15(22)12-8-19-21(9-12)14-6-4-13(17)5-7-14;/h4-9,11H,10,18H2,1-3H3,(H,20,22);1H. The summed E-state index contributed by atoms with van der Waals surface area (Å²) in [6, 6.07) is 7.72. The van der Waals surface area contributed by atoms with Gasteiger partial charge in [0.15, 0.2) is 0 Å². The van der Waals surface area contributed by atoms with Crippen molar-refractivity contribution in [3.05, 3.63) is 46.7 Å². The van der Waals surface area contributed by atoms with Crippen molar-refractivity contribution in [3.8, 4) is 5.69 Å². The van der Waals surface area contributed by atoms with Crippen LogP contribution in [-0.4, -0.2) is 27.8 Å². The molecule has 23 heavy (non-hydrogen) atoms. The van der Waals surface area contributed by atoms with Gasteiger partial charge >= 0.3 is 0 Å². The van der Waals surface area contributed by atoms with Crippen LogP contribution in [0.5, 0.6) is 0 Å². The van der Waals surface area contributed by atoms with E-state index in [4.69, 9.17) is 5.73 Å². The monoisotopic (exact) mass is 400 g/mol. The lowest BCUT2D eigenvalue weighted by atomic mass is 9.88. The summed E-state index contributed by atoms with van der Waals surface area (Å²) < 4.78 is 2.67. The fourth-order valence-corrected chi connectivity index (χ4v) is 2.20. The molecule has 1 aromatic carbocycles. The molecule has 1 amide bonds. The highest BCUT2D eigenvalue weighted by Crippen LogP contribution is 2.17. The van der Waals surface area contributed by atoms with Crippen LogP contribution >= 0.6 is 28.3 Å². The van der Waals surface area contributed by atoms with Crippen molar-refractivity contribution in [2.45, 2.75) is 26.3 Å². The lowest BCUT2D eigenvalue weighted by Crippen LogP contribution is -2.54. The molecule has 1 heterocycles. The van der Waals surface area contributed by atoms with Crippen LogP contribution in [-0.2, 0) is 0 Å². The Bertz CT molecular complexity index is 656. The summed E-state index contributed by atoms with van der Waals surface area (Å²) >= 11 is 3.40. The second-order valence-corrected chi connectivity index (χ2v) is 6.80. The number of nitrogens with one attached hydrogen (secondary N) is 1. The maximum absolute atomic E-state index is 12.4. The Balaban J connectivity index is 0.00000264. The molecule has 3 N–H and O–H groups in total. The Hall–Kier alpha value is -1.37. The summed E-state index contributed by atoms with van der Waals surface area (Å²) in [5, 5.41) is 7.26. The van der Waals surface area contributed by atoms with E-state index >= 15 is 0 Å². The quantitative estimate of drug-likeness (QED) is 0.808. The number of carbonyl (C=O) groups excluding carboxylic acids is 1. The predicted octanol–water partition coefficient (Wildman–Crippen LogP) is 3.16. The average Bonchev–Trinajstić information content (AvgIpc) is 2.97. The second-order valence-electron chi connectivity index (χ2n) is 5.88. The molecule has 2 aromatic rings. The van der Waals surface area contributed by atoms with Crippen molar-refractivity contribution in [2.75, 3.05) is 6.54 Å². The van der Waals surface area contributed by atoms with Gasteiger partial charge < -0.3 is 11.1 Å². The third-order valence-corrected chi connectivity index (χ3v) is 4.56. The van der Waals surface area contributed by atoms with Crippen molar-refractivity contribution in [1.29, 1.82) is 0 Å². The Labute approximate surface area is 151 Å². The Morgan fingerprint density at radius 3 is 2.52 bits per heavy atom. The fraction of sp³-hybridized carbons (Fsp3) is 0.375. The van der Waals surface area contributed by atoms with E-state index in [0.29, 0.717) is 12.1 Å². The van der Waals surface area contributed by atoms with Gasteiger partial charge in [0.1, 0.15) is 0 Å². The summed E-state index contributed by atoms with van der Waals surface area (Å²) in [5.74, 6) is 0.0768. The van der Waals surface area contributed by atoms with Crippen LogP contribution in [0, 0.1) is 5.92 Å². The van der Waals surface area contributed by atoms with Gasteiger partial charge in [0.25, 0.3) is 5.91 Å². The van der Waals surface area contributed by atoms with Gasteiger partial charge in [-0.15, -0.1) is 12.4 Å². The van der Waals surface area contributed by atoms with E-state index in [-0.39, 0.29) is 24.2 Å². The molecule has 1 aromatic heterocycles. The molecule has 0 fully saturated rings. The van der Waals surface area contributed by atoms with Crippen LogP contribution in [0.3, 0.4) is 0 Å². The predicted molar refractivity (Wildman–Crippen MR) is 98.3 cm³/mol. The summed E-state index contributed by atoms with van der Waals surface area (Å²) in [6.45, 7) is 6.42. The van der Waals surface area contributed by atoms with Crippen LogP contribution in [0.2, 0.25) is 0 Å². The summed E-state index contributed by atoms with van der Waals surface area (Å²) in [5.41, 5.74) is 6.78. The number of benzene rings is 1. The number of rotatable bonds is 5. The van der Waals surface area contributed by atoms with Crippen LogP contribution in [0.4, 0.5) is 0 Å². The van der Waals surface area contributed by atoms with Crippen molar-refractivity contribution >= 4 is 34.2 Å². The number of carbonyl (C=O) groups is 1. The molecule has 1 atom stereocenters. The molecular formula is C16H22BrClN4O. The SMILES string of the molecule is CC(C)C(C)(CN)NC(=O)c1cnn(-c2ccc(Br)cc2)c1.Cl. The molecule has 0 saturated carbocycles. The Morgan fingerprint density at radius 1 is 1.39 bits per heavy atom. The minimum atomic E-state index is -0.434. The summed E-state index contributed by atoms with van der Waals surface area (Å²) in [6.07, 6.45) is 3.28. The average molecular weight is 402 g/mol. The van der Waals surface area contributed by atoms with Gasteiger partial charge in [-0.3, -0.25) is 4.79 Å². The van der Waals surface area contributed by atoms with Gasteiger partial charge in [0.05, 0.1) is 23.0 Å². The number of hydrogen-bond donors (Lipinski definition) is 2. The molecule has 0 aliphatic heterocycles. The van der Waals surface area contributed by atoms with E-state index in [9.17, 15) is 4.79 Å². The van der Waals surface area contributed by atoms with E-state index in [2.05, 4.69) is 26.3 Å². The second kappa shape index (κ2) is 7.95. The van der Waals surface area contributed by atoms with E-state index in [1.54, 1.807) is 17.1 Å². The largest absolute Gasteiger partial charge is 0.345 e. The third kappa shape index (κ3) is 4.56. The molecule has 1 unspecified atom stereocenters. The molecule has 5 nitrogen and oxygen atoms in total. The summed E-state index contributed by atoms with van der Waals surface area (Å²) in [4.78, 5) is 12.4. The first-order chi connectivity index (χ1) is 10.4. The first kappa shape index (κ1) is 19.7. The molecule has 0 spiro atoms.